The lowest BCUT2D eigenvalue weighted by atomic mass is 9.79. The number of para-hydroxylation sites is 1. The van der Waals surface area contributed by atoms with Gasteiger partial charge in [0.2, 0.25) is 5.72 Å². The number of benzene rings is 2. The highest BCUT2D eigenvalue weighted by Gasteiger charge is 2.53. The van der Waals surface area contributed by atoms with Crippen molar-refractivity contribution >= 4 is 34.8 Å². The molecule has 0 amide bonds. The van der Waals surface area contributed by atoms with Gasteiger partial charge in [0.05, 0.1) is 15.6 Å². The Morgan fingerprint density at radius 3 is 2.71 bits per heavy atom. The maximum Gasteiger partial charge on any atom is 0.271 e. The third kappa shape index (κ3) is 3.11. The third-order valence-corrected chi connectivity index (χ3v) is 7.67. The molecule has 2 aliphatic heterocycles. The van der Waals surface area contributed by atoms with Gasteiger partial charge in [-0.05, 0) is 44.2 Å². The molecule has 8 heteroatoms. The molecule has 0 unspecified atom stereocenters. The summed E-state index contributed by atoms with van der Waals surface area (Å²) in [7, 11) is 0. The SMILES string of the molecule is CC(=O)[C@@H]1[C@@H]2c3ccccc3O[C@]1(C)N=c1s/c(=C/c3ccc(-c4ccccc4Cl)o3)c(=O)n12. The van der Waals surface area contributed by atoms with Crippen molar-refractivity contribution in [2.24, 2.45) is 10.9 Å². The summed E-state index contributed by atoms with van der Waals surface area (Å²) in [5.41, 5.74) is 0.290. The zero-order valence-corrected chi connectivity index (χ0v) is 19.9. The van der Waals surface area contributed by atoms with E-state index >= 15 is 0 Å². The number of ketones is 1. The first-order valence-corrected chi connectivity index (χ1v) is 12.0. The molecule has 170 valence electrons. The summed E-state index contributed by atoms with van der Waals surface area (Å²) in [5, 5.41) is 0.586. The van der Waals surface area contributed by atoms with Crippen LogP contribution < -0.4 is 19.6 Å². The van der Waals surface area contributed by atoms with Gasteiger partial charge < -0.3 is 9.15 Å². The second-order valence-corrected chi connectivity index (χ2v) is 10.0. The Balaban J connectivity index is 1.53. The van der Waals surface area contributed by atoms with E-state index in [4.69, 9.17) is 25.7 Å². The molecule has 4 heterocycles. The molecule has 6 rings (SSSR count). The van der Waals surface area contributed by atoms with E-state index in [2.05, 4.69) is 0 Å². The van der Waals surface area contributed by atoms with E-state index in [0.29, 0.717) is 31.6 Å². The van der Waals surface area contributed by atoms with Gasteiger partial charge in [-0.2, -0.15) is 0 Å². The average molecular weight is 491 g/mol. The number of carbonyl (C=O) groups is 1. The predicted octanol–water partition coefficient (Wildman–Crippen LogP) is 4.19. The summed E-state index contributed by atoms with van der Waals surface area (Å²) in [4.78, 5) is 31.6. The first-order chi connectivity index (χ1) is 16.4. The minimum atomic E-state index is -1.08. The number of furan rings is 1. The van der Waals surface area contributed by atoms with Gasteiger partial charge in [-0.3, -0.25) is 14.2 Å². The highest BCUT2D eigenvalue weighted by atomic mass is 35.5. The number of halogens is 1. The average Bonchev–Trinajstić information content (AvgIpc) is 3.37. The van der Waals surface area contributed by atoms with Crippen LogP contribution in [-0.2, 0) is 4.79 Å². The minimum absolute atomic E-state index is 0.0737. The van der Waals surface area contributed by atoms with Gasteiger partial charge in [-0.1, -0.05) is 53.3 Å². The fraction of sp³-hybridized carbons (Fsp3) is 0.192. The standard InChI is InChI=1S/C26H19ClN2O4S/c1-14(30)22-23-17-8-4-6-10-20(17)33-26(22,2)28-25-29(23)24(31)21(34-25)13-15-11-12-19(32-15)16-7-3-5-9-18(16)27/h3-13,22-23H,1-2H3/b21-13+/t22-,23+,26+/m1/s1. The fourth-order valence-electron chi connectivity index (χ4n) is 4.92. The van der Waals surface area contributed by atoms with Gasteiger partial charge >= 0.3 is 0 Å². The fourth-order valence-corrected chi connectivity index (χ4v) is 6.23. The highest BCUT2D eigenvalue weighted by Crippen LogP contribution is 2.47. The van der Waals surface area contributed by atoms with Crippen LogP contribution >= 0.6 is 22.9 Å². The van der Waals surface area contributed by atoms with Crippen LogP contribution in [0.15, 0.2) is 74.9 Å². The lowest BCUT2D eigenvalue weighted by Crippen LogP contribution is -2.58. The summed E-state index contributed by atoms with van der Waals surface area (Å²) >= 11 is 7.55. The summed E-state index contributed by atoms with van der Waals surface area (Å²) in [6, 6.07) is 18.1. The Hall–Kier alpha value is -3.42. The van der Waals surface area contributed by atoms with E-state index in [1.807, 2.05) is 55.5 Å². The molecule has 0 fully saturated rings. The van der Waals surface area contributed by atoms with Crippen LogP contribution in [0.5, 0.6) is 5.75 Å². The molecular formula is C26H19ClN2O4S. The zero-order valence-electron chi connectivity index (χ0n) is 18.3. The number of hydrogen-bond acceptors (Lipinski definition) is 6. The molecular weight excluding hydrogens is 472 g/mol. The first kappa shape index (κ1) is 21.1. The molecule has 0 saturated carbocycles. The number of carbonyl (C=O) groups excluding carboxylic acids is 1. The van der Waals surface area contributed by atoms with Crippen LogP contribution in [-0.4, -0.2) is 16.1 Å². The van der Waals surface area contributed by atoms with E-state index in [-0.39, 0.29) is 11.3 Å². The number of hydrogen-bond donors (Lipinski definition) is 0. The van der Waals surface area contributed by atoms with Crippen molar-refractivity contribution in [1.82, 2.24) is 4.57 Å². The van der Waals surface area contributed by atoms with E-state index < -0.39 is 17.7 Å². The molecule has 34 heavy (non-hydrogen) atoms. The van der Waals surface area contributed by atoms with Crippen molar-refractivity contribution in [3.63, 3.8) is 0 Å². The van der Waals surface area contributed by atoms with Gasteiger partial charge in [0.15, 0.2) is 4.80 Å². The van der Waals surface area contributed by atoms with Crippen molar-refractivity contribution in [1.29, 1.82) is 0 Å². The molecule has 0 spiro atoms. The molecule has 0 aliphatic carbocycles. The monoisotopic (exact) mass is 490 g/mol. The Morgan fingerprint density at radius 1 is 1.15 bits per heavy atom. The molecule has 2 aromatic heterocycles. The topological polar surface area (TPSA) is 73.8 Å². The number of nitrogens with zero attached hydrogens (tertiary/aromatic N) is 2. The summed E-state index contributed by atoms with van der Waals surface area (Å²) < 4.78 is 14.3. The number of ether oxygens (including phenoxy) is 1. The van der Waals surface area contributed by atoms with Crippen molar-refractivity contribution in [2.45, 2.75) is 25.6 Å². The Bertz CT molecular complexity index is 1650. The third-order valence-electron chi connectivity index (χ3n) is 6.36. The normalized spacial score (nSPS) is 23.0. The quantitative estimate of drug-likeness (QED) is 0.431. The van der Waals surface area contributed by atoms with Crippen molar-refractivity contribution in [2.75, 3.05) is 0 Å². The lowest BCUT2D eigenvalue weighted by molar-refractivity contribution is -0.132. The van der Waals surface area contributed by atoms with E-state index in [9.17, 15) is 9.59 Å². The van der Waals surface area contributed by atoms with Gasteiger partial charge in [-0.15, -0.1) is 0 Å². The molecule has 2 bridgehead atoms. The van der Waals surface area contributed by atoms with Crippen LogP contribution in [0.25, 0.3) is 17.4 Å². The molecule has 0 N–H and O–H groups in total. The summed E-state index contributed by atoms with van der Waals surface area (Å²) in [6.45, 7) is 3.33. The highest BCUT2D eigenvalue weighted by molar-refractivity contribution is 7.07. The maximum absolute atomic E-state index is 13.6. The van der Waals surface area contributed by atoms with Crippen LogP contribution in [0.3, 0.4) is 0 Å². The maximum atomic E-state index is 13.6. The van der Waals surface area contributed by atoms with Gasteiger partial charge in [0.1, 0.15) is 29.0 Å². The van der Waals surface area contributed by atoms with Crippen LogP contribution in [0.2, 0.25) is 5.02 Å². The first-order valence-electron chi connectivity index (χ1n) is 10.8. The number of fused-ring (bicyclic) bond motifs is 6. The summed E-state index contributed by atoms with van der Waals surface area (Å²) in [6.07, 6.45) is 1.70. The number of Topliss-reactive ketones (excluding diaryl/α,β-unsaturated/α-hetero) is 1. The molecule has 2 aromatic carbocycles. The smallest absolute Gasteiger partial charge is 0.271 e. The van der Waals surface area contributed by atoms with Crippen LogP contribution in [0.4, 0.5) is 0 Å². The second-order valence-electron chi connectivity index (χ2n) is 8.59. The largest absolute Gasteiger partial charge is 0.465 e. The number of rotatable bonds is 3. The van der Waals surface area contributed by atoms with Gasteiger partial charge in [0, 0.05) is 17.2 Å². The van der Waals surface area contributed by atoms with Crippen molar-refractivity contribution in [3.05, 3.63) is 96.7 Å². The Kier molecular flexibility index (Phi) is 4.69. The Labute approximate surface area is 203 Å². The molecule has 3 atom stereocenters. The Morgan fingerprint density at radius 2 is 1.91 bits per heavy atom. The van der Waals surface area contributed by atoms with E-state index in [1.165, 1.54) is 18.3 Å². The van der Waals surface area contributed by atoms with Crippen molar-refractivity contribution in [3.8, 4) is 17.1 Å². The number of thiazole rings is 1. The van der Waals surface area contributed by atoms with Crippen LogP contribution in [0.1, 0.15) is 31.2 Å². The summed E-state index contributed by atoms with van der Waals surface area (Å²) in [5.74, 6) is 1.10. The second kappa shape index (κ2) is 7.55. The minimum Gasteiger partial charge on any atom is -0.465 e. The van der Waals surface area contributed by atoms with Gasteiger partial charge in [-0.25, -0.2) is 4.99 Å². The molecule has 6 nitrogen and oxygen atoms in total. The molecule has 4 aromatic rings. The number of aromatic nitrogens is 1. The molecule has 0 radical (unpaired) electrons. The van der Waals surface area contributed by atoms with Crippen LogP contribution in [0, 0.1) is 5.92 Å². The van der Waals surface area contributed by atoms with Gasteiger partial charge in [0.25, 0.3) is 5.56 Å². The molecule has 2 aliphatic rings. The zero-order chi connectivity index (χ0) is 23.6. The predicted molar refractivity (Wildman–Crippen MR) is 130 cm³/mol. The lowest BCUT2D eigenvalue weighted by Gasteiger charge is -2.45. The van der Waals surface area contributed by atoms with E-state index in [0.717, 1.165) is 11.1 Å². The van der Waals surface area contributed by atoms with E-state index in [1.54, 1.807) is 22.8 Å². The molecule has 0 saturated heterocycles. The van der Waals surface area contributed by atoms with Crippen molar-refractivity contribution < 1.29 is 13.9 Å².